The average Bonchev–Trinajstić information content (AvgIpc) is 2.57. The monoisotopic (exact) mass is 330 g/mol. The van der Waals surface area contributed by atoms with Gasteiger partial charge in [-0.05, 0) is 51.2 Å². The van der Waals surface area contributed by atoms with Crippen molar-refractivity contribution in [2.45, 2.75) is 64.6 Å². The quantitative estimate of drug-likeness (QED) is 0.906. The van der Waals surface area contributed by atoms with E-state index in [4.69, 9.17) is 10.5 Å². The lowest BCUT2D eigenvalue weighted by atomic mass is 9.84. The van der Waals surface area contributed by atoms with Gasteiger partial charge in [-0.3, -0.25) is 4.79 Å². The zero-order valence-electron chi connectivity index (χ0n) is 15.1. The van der Waals surface area contributed by atoms with Crippen molar-refractivity contribution >= 4 is 5.91 Å². The Morgan fingerprint density at radius 2 is 2.08 bits per heavy atom. The highest BCUT2D eigenvalue weighted by atomic mass is 16.5. The molecule has 2 N–H and O–H groups in total. The van der Waals surface area contributed by atoms with Crippen LogP contribution in [0.25, 0.3) is 0 Å². The summed E-state index contributed by atoms with van der Waals surface area (Å²) in [5.41, 5.74) is 9.75. The molecular formula is C20H30N2O2. The van der Waals surface area contributed by atoms with Crippen LogP contribution in [0.4, 0.5) is 0 Å². The summed E-state index contributed by atoms with van der Waals surface area (Å²) < 4.78 is 6.08. The number of hydrogen-bond donors (Lipinski definition) is 1. The van der Waals surface area contributed by atoms with Crippen molar-refractivity contribution in [3.8, 4) is 0 Å². The second kappa shape index (κ2) is 7.24. The molecule has 3 rings (SSSR count). The van der Waals surface area contributed by atoms with Crippen LogP contribution in [0.2, 0.25) is 0 Å². The van der Waals surface area contributed by atoms with Crippen LogP contribution in [0.15, 0.2) is 18.2 Å². The molecule has 4 heteroatoms. The molecule has 1 saturated heterocycles. The van der Waals surface area contributed by atoms with Crippen LogP contribution in [0.1, 0.15) is 55.4 Å². The first kappa shape index (κ1) is 17.4. The van der Waals surface area contributed by atoms with E-state index in [0.29, 0.717) is 13.2 Å². The summed E-state index contributed by atoms with van der Waals surface area (Å²) in [5, 5.41) is 0. The molecule has 0 bridgehead atoms. The number of morpholine rings is 1. The first-order valence-electron chi connectivity index (χ1n) is 9.20. The molecular weight excluding hydrogens is 300 g/mol. The Bertz CT molecular complexity index is 601. The molecule has 24 heavy (non-hydrogen) atoms. The normalized spacial score (nSPS) is 31.1. The summed E-state index contributed by atoms with van der Waals surface area (Å²) in [6.45, 7) is 7.54. The third kappa shape index (κ3) is 3.65. The standard InChI is InChI=1S/C20H30N2O2/c1-13-7-8-14(2)18(9-13)19-11-22(15(3)12-24-19)20(23)16-5-4-6-17(21)10-16/h7-9,15-17,19H,4-6,10-12,21H2,1-3H3. The van der Waals surface area contributed by atoms with Crippen LogP contribution in [-0.4, -0.2) is 36.0 Å². The number of aryl methyl sites for hydroxylation is 2. The van der Waals surface area contributed by atoms with Crippen LogP contribution >= 0.6 is 0 Å². The molecule has 2 aliphatic rings. The van der Waals surface area contributed by atoms with Crippen molar-refractivity contribution < 1.29 is 9.53 Å². The van der Waals surface area contributed by atoms with Crippen molar-refractivity contribution in [1.29, 1.82) is 0 Å². The van der Waals surface area contributed by atoms with E-state index in [0.717, 1.165) is 25.7 Å². The predicted molar refractivity (Wildman–Crippen MR) is 95.7 cm³/mol. The van der Waals surface area contributed by atoms with E-state index >= 15 is 0 Å². The van der Waals surface area contributed by atoms with Crippen molar-refractivity contribution in [3.63, 3.8) is 0 Å². The summed E-state index contributed by atoms with van der Waals surface area (Å²) in [6.07, 6.45) is 3.90. The maximum atomic E-state index is 13.1. The van der Waals surface area contributed by atoms with Crippen molar-refractivity contribution in [1.82, 2.24) is 4.90 Å². The Balaban J connectivity index is 1.75. The number of nitrogens with two attached hydrogens (primary N) is 1. The highest BCUT2D eigenvalue weighted by Crippen LogP contribution is 2.31. The number of carbonyl (C=O) groups excluding carboxylic acids is 1. The Morgan fingerprint density at radius 1 is 1.29 bits per heavy atom. The first-order chi connectivity index (χ1) is 11.5. The minimum Gasteiger partial charge on any atom is -0.370 e. The molecule has 0 aromatic heterocycles. The number of carbonyl (C=O) groups is 1. The molecule has 1 heterocycles. The third-order valence-electron chi connectivity index (χ3n) is 5.56. The van der Waals surface area contributed by atoms with E-state index in [1.165, 1.54) is 16.7 Å². The van der Waals surface area contributed by atoms with Crippen LogP contribution in [0.5, 0.6) is 0 Å². The Hall–Kier alpha value is -1.39. The van der Waals surface area contributed by atoms with Crippen molar-refractivity contribution in [2.24, 2.45) is 11.7 Å². The summed E-state index contributed by atoms with van der Waals surface area (Å²) in [4.78, 5) is 15.1. The molecule has 1 aliphatic heterocycles. The molecule has 4 nitrogen and oxygen atoms in total. The molecule has 1 amide bonds. The van der Waals surface area contributed by atoms with Gasteiger partial charge in [-0.2, -0.15) is 0 Å². The lowest BCUT2D eigenvalue weighted by molar-refractivity contribution is -0.150. The van der Waals surface area contributed by atoms with Gasteiger partial charge >= 0.3 is 0 Å². The summed E-state index contributed by atoms with van der Waals surface area (Å²) in [6, 6.07) is 6.76. The van der Waals surface area contributed by atoms with Crippen LogP contribution in [0, 0.1) is 19.8 Å². The lowest BCUT2D eigenvalue weighted by Gasteiger charge is -2.41. The van der Waals surface area contributed by atoms with Crippen molar-refractivity contribution in [3.05, 3.63) is 34.9 Å². The van der Waals surface area contributed by atoms with E-state index in [1.54, 1.807) is 0 Å². The van der Waals surface area contributed by atoms with E-state index in [2.05, 4.69) is 39.0 Å². The zero-order valence-corrected chi connectivity index (χ0v) is 15.1. The largest absolute Gasteiger partial charge is 0.370 e. The highest BCUT2D eigenvalue weighted by Gasteiger charge is 2.36. The molecule has 1 aromatic rings. The molecule has 1 aromatic carbocycles. The number of benzene rings is 1. The number of nitrogens with zero attached hydrogens (tertiary/aromatic N) is 1. The van der Waals surface area contributed by atoms with Crippen LogP contribution < -0.4 is 5.73 Å². The SMILES string of the molecule is Cc1ccc(C)c(C2CN(C(=O)C3CCCC(N)C3)C(C)CO2)c1. The van der Waals surface area contributed by atoms with Gasteiger partial charge in [0.2, 0.25) is 5.91 Å². The first-order valence-corrected chi connectivity index (χ1v) is 9.20. The Morgan fingerprint density at radius 3 is 2.83 bits per heavy atom. The minimum atomic E-state index is -0.0256. The Labute approximate surface area is 145 Å². The number of hydrogen-bond acceptors (Lipinski definition) is 3. The van der Waals surface area contributed by atoms with Gasteiger partial charge in [0.15, 0.2) is 0 Å². The topological polar surface area (TPSA) is 55.6 Å². The second-order valence-corrected chi connectivity index (χ2v) is 7.65. The molecule has 1 aliphatic carbocycles. The Kier molecular flexibility index (Phi) is 5.26. The molecule has 132 valence electrons. The van der Waals surface area contributed by atoms with Crippen molar-refractivity contribution in [2.75, 3.05) is 13.2 Å². The number of amides is 1. The summed E-state index contributed by atoms with van der Waals surface area (Å²) in [7, 11) is 0. The van der Waals surface area contributed by atoms with Gasteiger partial charge in [0, 0.05) is 12.0 Å². The smallest absolute Gasteiger partial charge is 0.226 e. The van der Waals surface area contributed by atoms with E-state index < -0.39 is 0 Å². The fourth-order valence-corrected chi connectivity index (χ4v) is 4.05. The molecule has 0 radical (unpaired) electrons. The fraction of sp³-hybridized carbons (Fsp3) is 0.650. The second-order valence-electron chi connectivity index (χ2n) is 7.65. The number of rotatable bonds is 2. The van der Waals surface area contributed by atoms with Crippen LogP contribution in [0.3, 0.4) is 0 Å². The van der Waals surface area contributed by atoms with Crippen LogP contribution in [-0.2, 0) is 9.53 Å². The zero-order chi connectivity index (χ0) is 17.3. The van der Waals surface area contributed by atoms with Gasteiger partial charge < -0.3 is 15.4 Å². The van der Waals surface area contributed by atoms with Gasteiger partial charge in [-0.15, -0.1) is 0 Å². The van der Waals surface area contributed by atoms with Gasteiger partial charge in [0.25, 0.3) is 0 Å². The van der Waals surface area contributed by atoms with E-state index in [-0.39, 0.29) is 30.0 Å². The average molecular weight is 330 g/mol. The fourth-order valence-electron chi connectivity index (χ4n) is 4.05. The molecule has 4 unspecified atom stereocenters. The third-order valence-corrected chi connectivity index (χ3v) is 5.56. The molecule has 4 atom stereocenters. The van der Waals surface area contributed by atoms with Gasteiger partial charge in [-0.25, -0.2) is 0 Å². The summed E-state index contributed by atoms with van der Waals surface area (Å²) >= 11 is 0. The maximum absolute atomic E-state index is 13.1. The molecule has 1 saturated carbocycles. The lowest BCUT2D eigenvalue weighted by Crippen LogP contribution is -2.51. The van der Waals surface area contributed by atoms with Gasteiger partial charge in [-0.1, -0.05) is 30.2 Å². The predicted octanol–water partition coefficient (Wildman–Crippen LogP) is 3.11. The van der Waals surface area contributed by atoms with E-state index in [1.807, 2.05) is 4.90 Å². The molecule has 2 fully saturated rings. The van der Waals surface area contributed by atoms with Gasteiger partial charge in [0.05, 0.1) is 19.2 Å². The number of ether oxygens (including phenoxy) is 1. The van der Waals surface area contributed by atoms with E-state index in [9.17, 15) is 4.79 Å². The minimum absolute atomic E-state index is 0.0256. The maximum Gasteiger partial charge on any atom is 0.226 e. The highest BCUT2D eigenvalue weighted by molar-refractivity contribution is 5.79. The summed E-state index contributed by atoms with van der Waals surface area (Å²) in [5.74, 6) is 0.366. The molecule has 0 spiro atoms. The van der Waals surface area contributed by atoms with Gasteiger partial charge in [0.1, 0.15) is 6.10 Å².